The predicted molar refractivity (Wildman–Crippen MR) is 83.3 cm³/mol. The third-order valence-electron chi connectivity index (χ3n) is 2.78. The molecular formula is C14H16IN3O. The van der Waals surface area contributed by atoms with Gasteiger partial charge in [-0.25, -0.2) is 4.98 Å². The molecule has 0 bridgehead atoms. The van der Waals surface area contributed by atoms with E-state index in [1.165, 1.54) is 9.13 Å². The average molecular weight is 369 g/mol. The minimum atomic E-state index is -0.0123. The monoisotopic (exact) mass is 369 g/mol. The molecule has 2 rings (SSSR count). The first-order valence-electron chi connectivity index (χ1n) is 6.10. The number of benzene rings is 1. The van der Waals surface area contributed by atoms with Gasteiger partial charge in [0.15, 0.2) is 0 Å². The number of aromatic nitrogens is 2. The Morgan fingerprint density at radius 3 is 2.68 bits per heavy atom. The summed E-state index contributed by atoms with van der Waals surface area (Å²) in [6.45, 7) is 2.92. The van der Waals surface area contributed by atoms with Crippen LogP contribution in [0.2, 0.25) is 0 Å². The Kier molecular flexibility index (Phi) is 5.09. The summed E-state index contributed by atoms with van der Waals surface area (Å²) in [5.74, 6) is 0.563. The number of ether oxygens (including phenoxy) is 1. The first kappa shape index (κ1) is 14.2. The van der Waals surface area contributed by atoms with Crippen molar-refractivity contribution in [2.75, 3.05) is 13.7 Å². The summed E-state index contributed by atoms with van der Waals surface area (Å²) >= 11 is 2.34. The van der Waals surface area contributed by atoms with Crippen molar-refractivity contribution in [1.82, 2.24) is 15.3 Å². The third-order valence-corrected chi connectivity index (χ3v) is 3.76. The molecule has 1 atom stereocenters. The molecule has 5 heteroatoms. The number of nitrogens with zero attached hydrogens (tertiary/aromatic N) is 2. The molecule has 1 unspecified atom stereocenters. The molecule has 2 aromatic rings. The van der Waals surface area contributed by atoms with Gasteiger partial charge in [-0.2, -0.15) is 0 Å². The van der Waals surface area contributed by atoms with Crippen LogP contribution in [0.4, 0.5) is 0 Å². The second-order valence-corrected chi connectivity index (χ2v) is 5.13. The Balaban J connectivity index is 2.49. The van der Waals surface area contributed by atoms with Gasteiger partial charge in [-0.05, 0) is 40.8 Å². The summed E-state index contributed by atoms with van der Waals surface area (Å²) in [7, 11) is 1.62. The van der Waals surface area contributed by atoms with E-state index in [-0.39, 0.29) is 6.04 Å². The molecule has 0 aliphatic carbocycles. The summed E-state index contributed by atoms with van der Waals surface area (Å²) in [6.07, 6.45) is 3.33. The van der Waals surface area contributed by atoms with Crippen LogP contribution in [-0.4, -0.2) is 23.6 Å². The maximum absolute atomic E-state index is 5.32. The molecule has 1 heterocycles. The van der Waals surface area contributed by atoms with Gasteiger partial charge in [-0.15, -0.1) is 0 Å². The predicted octanol–water partition coefficient (Wildman–Crippen LogP) is 2.79. The zero-order valence-corrected chi connectivity index (χ0v) is 13.1. The van der Waals surface area contributed by atoms with Crippen molar-refractivity contribution in [2.45, 2.75) is 13.0 Å². The first-order chi connectivity index (χ1) is 9.27. The van der Waals surface area contributed by atoms with Crippen LogP contribution in [0, 0.1) is 3.57 Å². The van der Waals surface area contributed by atoms with E-state index in [1.54, 1.807) is 19.5 Å². The number of halogens is 1. The lowest BCUT2D eigenvalue weighted by molar-refractivity contribution is 0.383. The molecule has 100 valence electrons. The first-order valence-corrected chi connectivity index (χ1v) is 7.18. The van der Waals surface area contributed by atoms with E-state index >= 15 is 0 Å². The molecule has 1 aromatic carbocycles. The van der Waals surface area contributed by atoms with Crippen LogP contribution in [0.1, 0.15) is 24.2 Å². The molecule has 1 N–H and O–H groups in total. The molecular weight excluding hydrogens is 353 g/mol. The maximum atomic E-state index is 5.32. The summed E-state index contributed by atoms with van der Waals surface area (Å²) < 4.78 is 6.51. The zero-order valence-electron chi connectivity index (χ0n) is 10.9. The zero-order chi connectivity index (χ0) is 13.7. The molecule has 0 radical (unpaired) electrons. The van der Waals surface area contributed by atoms with Crippen molar-refractivity contribution in [2.24, 2.45) is 0 Å². The highest BCUT2D eigenvalue weighted by molar-refractivity contribution is 14.1. The van der Waals surface area contributed by atoms with Crippen LogP contribution in [0.25, 0.3) is 0 Å². The van der Waals surface area contributed by atoms with Crippen LogP contribution in [-0.2, 0) is 0 Å². The lowest BCUT2D eigenvalue weighted by Crippen LogP contribution is -2.24. The molecule has 0 saturated heterocycles. The summed E-state index contributed by atoms with van der Waals surface area (Å²) in [5, 5.41) is 3.44. The fourth-order valence-electron chi connectivity index (χ4n) is 1.96. The smallest absolute Gasteiger partial charge is 0.237 e. The van der Waals surface area contributed by atoms with Crippen molar-refractivity contribution < 1.29 is 4.74 Å². The van der Waals surface area contributed by atoms with E-state index in [9.17, 15) is 0 Å². The van der Waals surface area contributed by atoms with Crippen LogP contribution in [0.5, 0.6) is 5.88 Å². The van der Waals surface area contributed by atoms with E-state index in [1.807, 2.05) is 12.1 Å². The highest BCUT2D eigenvalue weighted by Gasteiger charge is 2.21. The molecule has 0 aliphatic heterocycles. The molecule has 1 aromatic heterocycles. The molecule has 0 spiro atoms. The van der Waals surface area contributed by atoms with Gasteiger partial charge in [-0.3, -0.25) is 4.98 Å². The van der Waals surface area contributed by atoms with E-state index in [0.717, 1.165) is 12.2 Å². The number of hydrogen-bond donors (Lipinski definition) is 1. The highest BCUT2D eigenvalue weighted by Crippen LogP contribution is 2.29. The van der Waals surface area contributed by atoms with Gasteiger partial charge in [-0.1, -0.05) is 25.1 Å². The minimum Gasteiger partial charge on any atom is -0.480 e. The lowest BCUT2D eigenvalue weighted by Gasteiger charge is -2.20. The van der Waals surface area contributed by atoms with Gasteiger partial charge in [0.05, 0.1) is 13.2 Å². The molecule has 19 heavy (non-hydrogen) atoms. The van der Waals surface area contributed by atoms with Gasteiger partial charge in [0.25, 0.3) is 0 Å². The van der Waals surface area contributed by atoms with Gasteiger partial charge >= 0.3 is 0 Å². The van der Waals surface area contributed by atoms with Crippen molar-refractivity contribution >= 4 is 22.6 Å². The standard InChI is InChI=1S/C14H16IN3O/c1-3-16-12(10-6-4-5-7-11(10)15)13-14(19-2)18-9-8-17-13/h4-9,12,16H,3H2,1-2H3. The van der Waals surface area contributed by atoms with Crippen LogP contribution in [0.15, 0.2) is 36.7 Å². The van der Waals surface area contributed by atoms with Gasteiger partial charge in [0.2, 0.25) is 5.88 Å². The Hall–Kier alpha value is -1.21. The normalized spacial score (nSPS) is 12.2. The minimum absolute atomic E-state index is 0.0123. The second-order valence-electron chi connectivity index (χ2n) is 3.96. The third kappa shape index (κ3) is 3.22. The maximum Gasteiger partial charge on any atom is 0.237 e. The van der Waals surface area contributed by atoms with Gasteiger partial charge < -0.3 is 10.1 Å². The number of nitrogens with one attached hydrogen (secondary N) is 1. The Bertz CT molecular complexity index is 548. The lowest BCUT2D eigenvalue weighted by atomic mass is 10.0. The molecule has 0 aliphatic rings. The molecule has 0 fully saturated rings. The van der Waals surface area contributed by atoms with Crippen molar-refractivity contribution in [3.05, 3.63) is 51.5 Å². The molecule has 4 nitrogen and oxygen atoms in total. The van der Waals surface area contributed by atoms with Crippen molar-refractivity contribution in [1.29, 1.82) is 0 Å². The second kappa shape index (κ2) is 6.81. The van der Waals surface area contributed by atoms with E-state index in [0.29, 0.717) is 5.88 Å². The summed E-state index contributed by atoms with van der Waals surface area (Å²) in [5.41, 5.74) is 2.00. The molecule has 0 amide bonds. The van der Waals surface area contributed by atoms with E-state index in [2.05, 4.69) is 56.9 Å². The molecule has 0 saturated carbocycles. The van der Waals surface area contributed by atoms with Crippen LogP contribution < -0.4 is 10.1 Å². The van der Waals surface area contributed by atoms with Gasteiger partial charge in [0.1, 0.15) is 5.69 Å². The average Bonchev–Trinajstić information content (AvgIpc) is 2.46. The van der Waals surface area contributed by atoms with Crippen LogP contribution in [0.3, 0.4) is 0 Å². The number of rotatable bonds is 5. The fraction of sp³-hybridized carbons (Fsp3) is 0.286. The summed E-state index contributed by atoms with van der Waals surface area (Å²) in [6, 6.07) is 8.24. The fourth-order valence-corrected chi connectivity index (χ4v) is 2.66. The Morgan fingerprint density at radius 2 is 2.00 bits per heavy atom. The number of hydrogen-bond acceptors (Lipinski definition) is 4. The highest BCUT2D eigenvalue weighted by atomic mass is 127. The summed E-state index contributed by atoms with van der Waals surface area (Å²) in [4.78, 5) is 8.66. The van der Waals surface area contributed by atoms with E-state index < -0.39 is 0 Å². The topological polar surface area (TPSA) is 47.0 Å². The Labute approximate surface area is 126 Å². The quantitative estimate of drug-likeness (QED) is 0.824. The van der Waals surface area contributed by atoms with Crippen molar-refractivity contribution in [3.8, 4) is 5.88 Å². The largest absolute Gasteiger partial charge is 0.480 e. The van der Waals surface area contributed by atoms with Crippen molar-refractivity contribution in [3.63, 3.8) is 0 Å². The number of methoxy groups -OCH3 is 1. The SMILES string of the molecule is CCNC(c1ccccc1I)c1nccnc1OC. The Morgan fingerprint density at radius 1 is 1.26 bits per heavy atom. The van der Waals surface area contributed by atoms with E-state index in [4.69, 9.17) is 4.74 Å². The van der Waals surface area contributed by atoms with Gasteiger partial charge in [0, 0.05) is 16.0 Å². The van der Waals surface area contributed by atoms with Crippen LogP contribution >= 0.6 is 22.6 Å².